The van der Waals surface area contributed by atoms with E-state index in [2.05, 4.69) is 54.1 Å². The maximum atomic E-state index is 5.22. The number of nitrogens with two attached hydrogens (primary N) is 1. The van der Waals surface area contributed by atoms with Crippen LogP contribution in [0, 0.1) is 0 Å². The quantitative estimate of drug-likeness (QED) is 0.418. The van der Waals surface area contributed by atoms with Crippen LogP contribution in [-0.2, 0) is 6.42 Å². The lowest BCUT2D eigenvalue weighted by atomic mass is 10.1. The molecule has 3 heteroatoms. The zero-order valence-electron chi connectivity index (χ0n) is 14.6. The predicted octanol–water partition coefficient (Wildman–Crippen LogP) is 4.25. The number of rotatable bonds is 6. The van der Waals surface area contributed by atoms with Crippen molar-refractivity contribution in [2.24, 2.45) is 5.73 Å². The van der Waals surface area contributed by atoms with E-state index in [0.29, 0.717) is 0 Å². The van der Waals surface area contributed by atoms with E-state index in [1.54, 1.807) is 6.20 Å². The zero-order chi connectivity index (χ0) is 17.2. The highest BCUT2D eigenvalue weighted by Gasteiger charge is 1.93. The van der Waals surface area contributed by atoms with E-state index < -0.39 is 0 Å². The van der Waals surface area contributed by atoms with E-state index in [4.69, 9.17) is 5.73 Å². The molecule has 0 spiro atoms. The third kappa shape index (κ3) is 12.2. The Kier molecular flexibility index (Phi) is 14.9. The Bertz CT molecular complexity index is 409. The minimum atomic E-state index is 1.10. The molecule has 1 aliphatic rings. The lowest BCUT2D eigenvalue weighted by molar-refractivity contribution is 0.843. The van der Waals surface area contributed by atoms with Crippen LogP contribution in [0.3, 0.4) is 0 Å². The molecule has 1 heterocycles. The molecule has 0 bridgehead atoms. The van der Waals surface area contributed by atoms with Crippen molar-refractivity contribution in [1.82, 2.24) is 5.32 Å². The van der Waals surface area contributed by atoms with Gasteiger partial charge in [0.05, 0.1) is 0 Å². The van der Waals surface area contributed by atoms with Crippen LogP contribution in [0.15, 0.2) is 61.9 Å². The molecule has 1 saturated heterocycles. The number of anilines is 1. The average molecular weight is 316 g/mol. The van der Waals surface area contributed by atoms with Gasteiger partial charge in [0.1, 0.15) is 0 Å². The Morgan fingerprint density at radius 1 is 1.13 bits per heavy atom. The third-order valence-corrected chi connectivity index (χ3v) is 3.39. The topological polar surface area (TPSA) is 50.1 Å². The van der Waals surface area contributed by atoms with Crippen molar-refractivity contribution in [2.45, 2.75) is 32.1 Å². The van der Waals surface area contributed by atoms with Crippen LogP contribution < -0.4 is 16.4 Å². The molecule has 3 nitrogen and oxygen atoms in total. The molecule has 128 valence electrons. The summed E-state index contributed by atoms with van der Waals surface area (Å²) in [4.78, 5) is 0. The van der Waals surface area contributed by atoms with Gasteiger partial charge in [-0.05, 0) is 75.2 Å². The fourth-order valence-electron chi connectivity index (χ4n) is 2.13. The van der Waals surface area contributed by atoms with Gasteiger partial charge in [0.2, 0.25) is 0 Å². The van der Waals surface area contributed by atoms with E-state index in [0.717, 1.165) is 18.5 Å². The van der Waals surface area contributed by atoms with Crippen molar-refractivity contribution in [3.05, 3.63) is 67.4 Å². The van der Waals surface area contributed by atoms with Crippen LogP contribution >= 0.6 is 0 Å². The maximum Gasteiger partial charge on any atom is 0.0337 e. The van der Waals surface area contributed by atoms with E-state index in [1.165, 1.54) is 37.9 Å². The third-order valence-electron chi connectivity index (χ3n) is 3.39. The van der Waals surface area contributed by atoms with Gasteiger partial charge >= 0.3 is 0 Å². The van der Waals surface area contributed by atoms with Gasteiger partial charge in [0.15, 0.2) is 0 Å². The molecule has 0 atom stereocenters. The first-order valence-electron chi connectivity index (χ1n) is 8.37. The summed E-state index contributed by atoms with van der Waals surface area (Å²) in [5.74, 6) is 0. The summed E-state index contributed by atoms with van der Waals surface area (Å²) < 4.78 is 0. The first-order chi connectivity index (χ1) is 11.4. The zero-order valence-corrected chi connectivity index (χ0v) is 14.6. The average Bonchev–Trinajstić information content (AvgIpc) is 3.20. The molecule has 4 N–H and O–H groups in total. The van der Waals surface area contributed by atoms with Crippen LogP contribution in [0.25, 0.3) is 0 Å². The van der Waals surface area contributed by atoms with Gasteiger partial charge in [-0.1, -0.05) is 24.3 Å². The molecule has 0 radical (unpaired) electrons. The number of benzene rings is 1. The standard InChI is InChI=1S/C14H20N2.C4H9N.C2H4/c1-16-14-10-8-13(9-11-14)7-5-3-2-4-6-12-15;1-2-4-5-3-1;1-2/h2,4,6,8-12,16H,3,5,7,15H2,1H3;5H,1-4H2;1-2H2/b4-2-,12-6-;;. The van der Waals surface area contributed by atoms with Crippen molar-refractivity contribution >= 4 is 5.69 Å². The molecule has 1 aliphatic heterocycles. The summed E-state index contributed by atoms with van der Waals surface area (Å²) in [5, 5.41) is 6.34. The van der Waals surface area contributed by atoms with E-state index >= 15 is 0 Å². The molecule has 0 unspecified atom stereocenters. The first kappa shape index (κ1) is 21.0. The molecule has 2 rings (SSSR count). The molecule has 1 aromatic rings. The Balaban J connectivity index is 0.000000574. The highest BCUT2D eigenvalue weighted by atomic mass is 14.9. The van der Waals surface area contributed by atoms with Crippen molar-refractivity contribution in [3.63, 3.8) is 0 Å². The predicted molar refractivity (Wildman–Crippen MR) is 105 cm³/mol. The van der Waals surface area contributed by atoms with Crippen LogP contribution in [0.5, 0.6) is 0 Å². The SMILES string of the molecule is C1CCNC1.C=C.CNc1ccc(CCC/C=C\C=C/N)cc1. The van der Waals surface area contributed by atoms with Gasteiger partial charge in [-0.25, -0.2) is 0 Å². The fraction of sp³-hybridized carbons (Fsp3) is 0.400. The number of aryl methyl sites for hydroxylation is 1. The van der Waals surface area contributed by atoms with Gasteiger partial charge in [0.25, 0.3) is 0 Å². The second-order valence-electron chi connectivity index (χ2n) is 5.11. The van der Waals surface area contributed by atoms with Crippen molar-refractivity contribution in [1.29, 1.82) is 0 Å². The summed E-state index contributed by atoms with van der Waals surface area (Å²) >= 11 is 0. The largest absolute Gasteiger partial charge is 0.405 e. The van der Waals surface area contributed by atoms with Crippen molar-refractivity contribution < 1.29 is 0 Å². The Hall–Kier alpha value is -2.00. The Morgan fingerprint density at radius 3 is 2.26 bits per heavy atom. The number of unbranched alkanes of at least 4 members (excludes halogenated alkanes) is 1. The van der Waals surface area contributed by atoms with Gasteiger partial charge in [-0.15, -0.1) is 13.2 Å². The van der Waals surface area contributed by atoms with Gasteiger partial charge in [-0.2, -0.15) is 0 Å². The van der Waals surface area contributed by atoms with Gasteiger partial charge < -0.3 is 16.4 Å². The molecule has 0 aromatic heterocycles. The lowest BCUT2D eigenvalue weighted by Gasteiger charge is -2.02. The summed E-state index contributed by atoms with van der Waals surface area (Å²) in [6, 6.07) is 8.58. The van der Waals surface area contributed by atoms with Crippen LogP contribution in [0.1, 0.15) is 31.2 Å². The second kappa shape index (κ2) is 16.4. The highest BCUT2D eigenvalue weighted by molar-refractivity contribution is 5.43. The smallest absolute Gasteiger partial charge is 0.0337 e. The fourth-order valence-corrected chi connectivity index (χ4v) is 2.13. The van der Waals surface area contributed by atoms with Gasteiger partial charge in [0, 0.05) is 12.7 Å². The first-order valence-corrected chi connectivity index (χ1v) is 8.37. The highest BCUT2D eigenvalue weighted by Crippen LogP contribution is 2.11. The minimum Gasteiger partial charge on any atom is -0.405 e. The molecule has 0 aliphatic carbocycles. The summed E-state index contributed by atoms with van der Waals surface area (Å²) in [7, 11) is 1.94. The molecule has 23 heavy (non-hydrogen) atoms. The van der Waals surface area contributed by atoms with E-state index in [1.807, 2.05) is 19.2 Å². The van der Waals surface area contributed by atoms with Crippen LogP contribution in [-0.4, -0.2) is 20.1 Å². The van der Waals surface area contributed by atoms with E-state index in [-0.39, 0.29) is 0 Å². The van der Waals surface area contributed by atoms with E-state index in [9.17, 15) is 0 Å². The second-order valence-corrected chi connectivity index (χ2v) is 5.11. The normalized spacial score (nSPS) is 13.3. The summed E-state index contributed by atoms with van der Waals surface area (Å²) in [6.45, 7) is 8.50. The molecule has 1 aromatic carbocycles. The van der Waals surface area contributed by atoms with Gasteiger partial charge in [-0.3, -0.25) is 0 Å². The number of hydrogen-bond acceptors (Lipinski definition) is 3. The Labute approximate surface area is 142 Å². The minimum absolute atomic E-state index is 1.10. The maximum absolute atomic E-state index is 5.22. The summed E-state index contributed by atoms with van der Waals surface area (Å²) in [5.41, 5.74) is 7.78. The molecule has 0 amide bonds. The number of nitrogens with one attached hydrogen (secondary N) is 2. The monoisotopic (exact) mass is 315 g/mol. The number of hydrogen-bond donors (Lipinski definition) is 3. The van der Waals surface area contributed by atoms with Crippen LogP contribution in [0.4, 0.5) is 5.69 Å². The van der Waals surface area contributed by atoms with Crippen molar-refractivity contribution in [2.75, 3.05) is 25.5 Å². The Morgan fingerprint density at radius 2 is 1.78 bits per heavy atom. The van der Waals surface area contributed by atoms with Crippen LogP contribution in [0.2, 0.25) is 0 Å². The molecule has 1 fully saturated rings. The number of allylic oxidation sites excluding steroid dienone is 3. The molecule has 0 saturated carbocycles. The lowest BCUT2D eigenvalue weighted by Crippen LogP contribution is -2.03. The van der Waals surface area contributed by atoms with Crippen molar-refractivity contribution in [3.8, 4) is 0 Å². The summed E-state index contributed by atoms with van der Waals surface area (Å²) in [6.07, 6.45) is 13.7. The molecular formula is C20H33N3. The molecular weight excluding hydrogens is 282 g/mol.